The molecule has 130 valence electrons. The van der Waals surface area contributed by atoms with Gasteiger partial charge in [0.25, 0.3) is 0 Å². The largest absolute Gasteiger partial charge is 0.465 e. The number of rotatable bonds is 2. The van der Waals surface area contributed by atoms with E-state index in [1.54, 1.807) is 24.5 Å². The molecule has 0 aliphatic heterocycles. The van der Waals surface area contributed by atoms with E-state index in [1.165, 1.54) is 20.4 Å². The molecule has 0 amide bonds. The average molecular weight is 405 g/mol. The zero-order valence-electron chi connectivity index (χ0n) is 14.0. The molecule has 0 spiro atoms. The third kappa shape index (κ3) is 4.45. The van der Waals surface area contributed by atoms with Crippen molar-refractivity contribution < 1.29 is 19.1 Å². The van der Waals surface area contributed by atoms with Crippen LogP contribution in [0.5, 0.6) is 0 Å². The maximum atomic E-state index is 11.5. The minimum Gasteiger partial charge on any atom is -0.465 e. The van der Waals surface area contributed by atoms with E-state index in [1.807, 2.05) is 29.8 Å². The number of benzene rings is 1. The molecule has 6 nitrogen and oxygen atoms in total. The molecule has 3 rings (SSSR count). The molecule has 2 aromatic heterocycles. The number of nitrogens with zero attached hydrogens (tertiary/aromatic N) is 2. The third-order valence-electron chi connectivity index (χ3n) is 3.44. The Hall–Kier alpha value is -2.67. The van der Waals surface area contributed by atoms with Crippen LogP contribution in [0.2, 0.25) is 0 Å². The van der Waals surface area contributed by atoms with Gasteiger partial charge in [-0.15, -0.1) is 0 Å². The van der Waals surface area contributed by atoms with Crippen molar-refractivity contribution in [2.75, 3.05) is 14.2 Å². The summed E-state index contributed by atoms with van der Waals surface area (Å²) in [6.45, 7) is 0. The van der Waals surface area contributed by atoms with Gasteiger partial charge in [0, 0.05) is 41.0 Å². The quantitative estimate of drug-likeness (QED) is 0.610. The summed E-state index contributed by atoms with van der Waals surface area (Å²) in [5.41, 5.74) is 2.08. The summed E-state index contributed by atoms with van der Waals surface area (Å²) in [4.78, 5) is 26.0. The monoisotopic (exact) mass is 404 g/mol. The van der Waals surface area contributed by atoms with Crippen molar-refractivity contribution in [2.24, 2.45) is 7.05 Å². The first-order valence-corrected chi connectivity index (χ1v) is 8.08. The van der Waals surface area contributed by atoms with E-state index in [0.717, 1.165) is 15.4 Å². The van der Waals surface area contributed by atoms with Gasteiger partial charge in [-0.05, 0) is 24.3 Å². The van der Waals surface area contributed by atoms with E-state index in [4.69, 9.17) is 4.74 Å². The Morgan fingerprint density at radius 1 is 1.12 bits per heavy atom. The zero-order chi connectivity index (χ0) is 18.4. The van der Waals surface area contributed by atoms with Crippen molar-refractivity contribution in [3.63, 3.8) is 0 Å². The van der Waals surface area contributed by atoms with Crippen LogP contribution in [0.15, 0.2) is 53.4 Å². The number of hydrogen-bond donors (Lipinski definition) is 0. The van der Waals surface area contributed by atoms with E-state index in [0.29, 0.717) is 11.1 Å². The molecule has 0 bridgehead atoms. The van der Waals surface area contributed by atoms with Gasteiger partial charge in [-0.3, -0.25) is 4.98 Å². The van der Waals surface area contributed by atoms with Crippen LogP contribution in [-0.2, 0) is 16.5 Å². The summed E-state index contributed by atoms with van der Waals surface area (Å²) in [5, 5.41) is 0.910. The molecule has 25 heavy (non-hydrogen) atoms. The molecule has 0 N–H and O–H groups in total. The second-order valence-electron chi connectivity index (χ2n) is 5.04. The van der Waals surface area contributed by atoms with Crippen LogP contribution in [0, 0.1) is 0 Å². The number of carbonyl (C=O) groups is 2. The fourth-order valence-corrected chi connectivity index (χ4v) is 2.58. The van der Waals surface area contributed by atoms with E-state index < -0.39 is 0 Å². The maximum absolute atomic E-state index is 11.5. The van der Waals surface area contributed by atoms with Crippen LogP contribution in [0.4, 0.5) is 0 Å². The Morgan fingerprint density at radius 2 is 1.84 bits per heavy atom. The Balaban J connectivity index is 0.000000196. The van der Waals surface area contributed by atoms with Gasteiger partial charge in [-0.2, -0.15) is 0 Å². The maximum Gasteiger partial charge on any atom is 0.340 e. The second-order valence-corrected chi connectivity index (χ2v) is 5.96. The molecular formula is C18H17BrN2O4. The predicted molar refractivity (Wildman–Crippen MR) is 97.5 cm³/mol. The highest BCUT2D eigenvalue weighted by Gasteiger charge is 2.13. The van der Waals surface area contributed by atoms with Crippen molar-refractivity contribution in [3.05, 3.63) is 64.5 Å². The summed E-state index contributed by atoms with van der Waals surface area (Å²) in [5.74, 6) is -0.656. The summed E-state index contributed by atoms with van der Waals surface area (Å²) in [7, 11) is 4.64. The highest BCUT2D eigenvalue weighted by Crippen LogP contribution is 2.24. The minimum atomic E-state index is -0.354. The number of hydrogen-bond acceptors (Lipinski definition) is 5. The smallest absolute Gasteiger partial charge is 0.340 e. The van der Waals surface area contributed by atoms with Crippen molar-refractivity contribution in [2.45, 2.75) is 0 Å². The Bertz CT molecular complexity index is 891. The standard InChI is InChI=1S/C11H10BrNO2.C7H7NO2/c1-13-6-9(11(14)15-2)8-4-3-7(12)5-10(8)13;1-10-7(9)6-3-2-4-8-5-6/h3-6H,1-2H3;2-5H,1H3. The molecule has 3 aromatic rings. The first-order chi connectivity index (χ1) is 12.0. The molecule has 0 atom stereocenters. The fraction of sp³-hybridized carbons (Fsp3) is 0.167. The lowest BCUT2D eigenvalue weighted by Gasteiger charge is -1.97. The Kier molecular flexibility index (Phi) is 6.30. The molecule has 0 aliphatic carbocycles. The average Bonchev–Trinajstić information content (AvgIpc) is 2.97. The molecule has 0 saturated carbocycles. The minimum absolute atomic E-state index is 0.303. The number of carbonyl (C=O) groups excluding carboxylic acids is 2. The van der Waals surface area contributed by atoms with Gasteiger partial charge in [0.1, 0.15) is 0 Å². The summed E-state index contributed by atoms with van der Waals surface area (Å²) in [6.07, 6.45) is 4.85. The zero-order valence-corrected chi connectivity index (χ0v) is 15.6. The van der Waals surface area contributed by atoms with Gasteiger partial charge in [-0.1, -0.05) is 22.0 Å². The van der Waals surface area contributed by atoms with E-state index in [2.05, 4.69) is 25.7 Å². The first-order valence-electron chi connectivity index (χ1n) is 7.29. The molecule has 0 fully saturated rings. The van der Waals surface area contributed by atoms with Crippen molar-refractivity contribution >= 4 is 38.8 Å². The highest BCUT2D eigenvalue weighted by atomic mass is 79.9. The van der Waals surface area contributed by atoms with Crippen molar-refractivity contribution in [3.8, 4) is 0 Å². The molecule has 0 unspecified atom stereocenters. The Labute approximate surface area is 153 Å². The lowest BCUT2D eigenvalue weighted by molar-refractivity contribution is 0.0592. The highest BCUT2D eigenvalue weighted by molar-refractivity contribution is 9.10. The first kappa shape index (κ1) is 18.7. The molecule has 0 radical (unpaired) electrons. The van der Waals surface area contributed by atoms with E-state index in [-0.39, 0.29) is 11.9 Å². The van der Waals surface area contributed by atoms with Crippen LogP contribution >= 0.6 is 15.9 Å². The predicted octanol–water partition coefficient (Wildman–Crippen LogP) is 3.60. The van der Waals surface area contributed by atoms with Crippen LogP contribution in [-0.4, -0.2) is 35.7 Å². The number of halogens is 1. The number of pyridine rings is 1. The lowest BCUT2D eigenvalue weighted by atomic mass is 10.2. The van der Waals surface area contributed by atoms with Gasteiger partial charge in [0.15, 0.2) is 0 Å². The molecule has 2 heterocycles. The molecule has 7 heteroatoms. The SMILES string of the molecule is COC(=O)c1cccnc1.COC(=O)c1cn(C)c2cc(Br)ccc12. The van der Waals surface area contributed by atoms with Crippen LogP contribution < -0.4 is 0 Å². The number of fused-ring (bicyclic) bond motifs is 1. The number of aryl methyl sites for hydroxylation is 1. The van der Waals surface area contributed by atoms with Gasteiger partial charge in [-0.25, -0.2) is 9.59 Å². The van der Waals surface area contributed by atoms with Crippen LogP contribution in [0.25, 0.3) is 10.9 Å². The normalized spacial score (nSPS) is 9.92. The van der Waals surface area contributed by atoms with Gasteiger partial charge in [0.05, 0.1) is 25.3 Å². The summed E-state index contributed by atoms with van der Waals surface area (Å²) < 4.78 is 12.1. The molecule has 1 aromatic carbocycles. The lowest BCUT2D eigenvalue weighted by Crippen LogP contribution is -2.00. The number of methoxy groups -OCH3 is 2. The van der Waals surface area contributed by atoms with E-state index >= 15 is 0 Å². The molecular weight excluding hydrogens is 388 g/mol. The van der Waals surface area contributed by atoms with Crippen LogP contribution in [0.3, 0.4) is 0 Å². The van der Waals surface area contributed by atoms with E-state index in [9.17, 15) is 9.59 Å². The molecule has 0 saturated heterocycles. The molecule has 0 aliphatic rings. The van der Waals surface area contributed by atoms with Gasteiger partial charge >= 0.3 is 11.9 Å². The topological polar surface area (TPSA) is 70.4 Å². The van der Waals surface area contributed by atoms with Gasteiger partial charge in [0.2, 0.25) is 0 Å². The van der Waals surface area contributed by atoms with Gasteiger partial charge < -0.3 is 14.0 Å². The number of ether oxygens (including phenoxy) is 2. The third-order valence-corrected chi connectivity index (χ3v) is 3.93. The van der Waals surface area contributed by atoms with Crippen molar-refractivity contribution in [1.82, 2.24) is 9.55 Å². The van der Waals surface area contributed by atoms with Crippen LogP contribution in [0.1, 0.15) is 20.7 Å². The number of aromatic nitrogens is 2. The fourth-order valence-electron chi connectivity index (χ4n) is 2.23. The number of esters is 2. The second kappa shape index (κ2) is 8.43. The Morgan fingerprint density at radius 3 is 2.44 bits per heavy atom. The van der Waals surface area contributed by atoms with Crippen molar-refractivity contribution in [1.29, 1.82) is 0 Å². The summed E-state index contributed by atoms with van der Waals surface area (Å²) in [6, 6.07) is 9.13. The summed E-state index contributed by atoms with van der Waals surface area (Å²) >= 11 is 3.40.